The number of hydrogen-bond acceptors (Lipinski definition) is 10. The number of methoxy groups -OCH3 is 1. The summed E-state index contributed by atoms with van der Waals surface area (Å²) in [7, 11) is 1.59. The molecule has 2 N–H and O–H groups in total. The van der Waals surface area contributed by atoms with Crippen molar-refractivity contribution >= 4 is 34.6 Å². The average Bonchev–Trinajstić information content (AvgIpc) is 3.55. The minimum atomic E-state index is -0.655. The summed E-state index contributed by atoms with van der Waals surface area (Å²) in [6, 6.07) is 8.90. The van der Waals surface area contributed by atoms with Gasteiger partial charge in [-0.05, 0) is 56.5 Å². The number of amides is 1. The van der Waals surface area contributed by atoms with Crippen LogP contribution in [0.4, 0.5) is 37.5 Å². The molecule has 0 bridgehead atoms. The Hall–Kier alpha value is -4.33. The number of hydroxylamine groups is 1. The number of ether oxygens (including phenoxy) is 2. The molecule has 47 heavy (non-hydrogen) atoms. The Morgan fingerprint density at radius 1 is 1.00 bits per heavy atom. The predicted molar refractivity (Wildman–Crippen MR) is 176 cm³/mol. The Balaban J connectivity index is 1.23. The molecule has 0 spiro atoms. The highest BCUT2D eigenvalue weighted by Gasteiger charge is 2.32. The van der Waals surface area contributed by atoms with Crippen LogP contribution in [-0.2, 0) is 14.4 Å². The molecular formula is C34H41F2N7O4. The van der Waals surface area contributed by atoms with E-state index in [0.717, 1.165) is 50.8 Å². The van der Waals surface area contributed by atoms with Crippen LogP contribution in [-0.4, -0.2) is 78.9 Å². The lowest BCUT2D eigenvalue weighted by Crippen LogP contribution is -2.53. The van der Waals surface area contributed by atoms with Crippen LogP contribution in [0.2, 0.25) is 0 Å². The number of carbonyl (C=O) groups excluding carboxylic acids is 1. The van der Waals surface area contributed by atoms with E-state index in [4.69, 9.17) is 14.3 Å². The van der Waals surface area contributed by atoms with E-state index in [1.807, 2.05) is 12.1 Å². The molecule has 1 aromatic heterocycles. The number of rotatable bonds is 9. The summed E-state index contributed by atoms with van der Waals surface area (Å²) in [4.78, 5) is 31.9. The Labute approximate surface area is 273 Å². The third kappa shape index (κ3) is 7.47. The van der Waals surface area contributed by atoms with Crippen LogP contribution in [0.15, 0.2) is 55.4 Å². The maximum Gasteiger partial charge on any atom is 0.247 e. The van der Waals surface area contributed by atoms with E-state index in [1.54, 1.807) is 18.2 Å². The second-order valence-electron chi connectivity index (χ2n) is 12.2. The van der Waals surface area contributed by atoms with Gasteiger partial charge >= 0.3 is 0 Å². The molecule has 3 saturated heterocycles. The normalized spacial score (nSPS) is 22.3. The predicted octanol–water partition coefficient (Wildman–Crippen LogP) is 5.59. The van der Waals surface area contributed by atoms with E-state index in [0.29, 0.717) is 53.4 Å². The van der Waals surface area contributed by atoms with E-state index < -0.39 is 17.7 Å². The van der Waals surface area contributed by atoms with Crippen LogP contribution >= 0.6 is 0 Å². The van der Waals surface area contributed by atoms with Crippen molar-refractivity contribution in [2.75, 3.05) is 60.5 Å². The maximum atomic E-state index is 14.0. The lowest BCUT2D eigenvalue weighted by molar-refractivity contribution is -0.111. The molecule has 0 aliphatic carbocycles. The van der Waals surface area contributed by atoms with Crippen molar-refractivity contribution in [2.24, 2.45) is 0 Å². The molecule has 6 rings (SSSR count). The first-order valence-electron chi connectivity index (χ1n) is 16.0. The van der Waals surface area contributed by atoms with Gasteiger partial charge in [-0.15, -0.1) is 0 Å². The van der Waals surface area contributed by atoms with Gasteiger partial charge in [-0.3, -0.25) is 14.5 Å². The molecule has 2 aromatic carbocycles. The Bertz CT molecular complexity index is 1570. The quantitative estimate of drug-likeness (QED) is 0.285. The van der Waals surface area contributed by atoms with Crippen molar-refractivity contribution in [3.63, 3.8) is 0 Å². The SMILES string of the molecule is C=CC(=O)Nc1cc(Nc2cc(N3OCCC3c3cc(F)cc(F)c3)ncn2)c(OC)cc1N1CCC(N2C[C@@H](C)O[C@@H](C)C2)CC1. The average molecular weight is 650 g/mol. The zero-order valence-electron chi connectivity index (χ0n) is 26.9. The fourth-order valence-corrected chi connectivity index (χ4v) is 6.81. The maximum absolute atomic E-state index is 14.0. The highest BCUT2D eigenvalue weighted by Crippen LogP contribution is 2.41. The first-order chi connectivity index (χ1) is 22.7. The Morgan fingerprint density at radius 3 is 2.40 bits per heavy atom. The summed E-state index contributed by atoms with van der Waals surface area (Å²) in [6.07, 6.45) is 5.56. The van der Waals surface area contributed by atoms with Crippen LogP contribution in [0, 0.1) is 11.6 Å². The molecule has 3 aliphatic rings. The summed E-state index contributed by atoms with van der Waals surface area (Å²) in [6.45, 7) is 11.7. The molecule has 4 heterocycles. The molecule has 3 aromatic rings. The van der Waals surface area contributed by atoms with Crippen LogP contribution in [0.25, 0.3) is 0 Å². The Kier molecular flexibility index (Phi) is 9.85. The van der Waals surface area contributed by atoms with Crippen LogP contribution < -0.4 is 25.3 Å². The number of hydrogen-bond donors (Lipinski definition) is 2. The van der Waals surface area contributed by atoms with E-state index >= 15 is 0 Å². The molecule has 3 fully saturated rings. The van der Waals surface area contributed by atoms with Crippen molar-refractivity contribution in [3.8, 4) is 5.75 Å². The number of nitrogens with one attached hydrogen (secondary N) is 2. The van der Waals surface area contributed by atoms with Crippen LogP contribution in [0.5, 0.6) is 5.75 Å². The van der Waals surface area contributed by atoms with Gasteiger partial charge in [0.2, 0.25) is 5.91 Å². The summed E-state index contributed by atoms with van der Waals surface area (Å²) >= 11 is 0. The summed E-state index contributed by atoms with van der Waals surface area (Å²) in [5, 5.41) is 7.80. The number of morpholine rings is 1. The van der Waals surface area contributed by atoms with E-state index in [-0.39, 0.29) is 18.1 Å². The highest BCUT2D eigenvalue weighted by molar-refractivity contribution is 6.02. The fraction of sp³-hybridized carbons (Fsp3) is 0.441. The van der Waals surface area contributed by atoms with Gasteiger partial charge in [0.25, 0.3) is 0 Å². The smallest absolute Gasteiger partial charge is 0.247 e. The monoisotopic (exact) mass is 649 g/mol. The zero-order chi connectivity index (χ0) is 33.1. The van der Waals surface area contributed by atoms with Crippen molar-refractivity contribution in [1.82, 2.24) is 14.9 Å². The van der Waals surface area contributed by atoms with Gasteiger partial charge in [-0.2, -0.15) is 0 Å². The molecule has 13 heteroatoms. The zero-order valence-corrected chi connectivity index (χ0v) is 26.9. The minimum Gasteiger partial charge on any atom is -0.494 e. The topological polar surface area (TPSA) is 104 Å². The molecule has 3 aliphatic heterocycles. The fourth-order valence-electron chi connectivity index (χ4n) is 6.81. The van der Waals surface area contributed by atoms with Gasteiger partial charge in [0.15, 0.2) is 5.82 Å². The number of anilines is 5. The first kappa shape index (κ1) is 32.6. The molecule has 0 saturated carbocycles. The van der Waals surface area contributed by atoms with Crippen molar-refractivity contribution < 1.29 is 27.9 Å². The van der Waals surface area contributed by atoms with Gasteiger partial charge in [-0.25, -0.2) is 23.8 Å². The summed E-state index contributed by atoms with van der Waals surface area (Å²) in [5.41, 5.74) is 2.48. The minimum absolute atomic E-state index is 0.218. The lowest BCUT2D eigenvalue weighted by Gasteiger charge is -2.44. The van der Waals surface area contributed by atoms with Gasteiger partial charge in [-0.1, -0.05) is 6.58 Å². The number of carbonyl (C=O) groups is 1. The van der Waals surface area contributed by atoms with Crippen molar-refractivity contribution in [3.05, 3.63) is 72.6 Å². The van der Waals surface area contributed by atoms with Gasteiger partial charge in [0, 0.05) is 56.8 Å². The number of piperidine rings is 1. The molecule has 250 valence electrons. The third-order valence-corrected chi connectivity index (χ3v) is 8.85. The molecule has 1 unspecified atom stereocenters. The summed E-state index contributed by atoms with van der Waals surface area (Å²) < 4.78 is 39.8. The number of benzene rings is 2. The van der Waals surface area contributed by atoms with E-state index in [1.165, 1.54) is 24.5 Å². The molecule has 1 amide bonds. The summed E-state index contributed by atoms with van der Waals surface area (Å²) in [5.74, 6) is -0.243. The molecule has 0 radical (unpaired) electrons. The van der Waals surface area contributed by atoms with Crippen molar-refractivity contribution in [1.29, 1.82) is 0 Å². The molecule has 11 nitrogen and oxygen atoms in total. The first-order valence-corrected chi connectivity index (χ1v) is 16.0. The molecular weight excluding hydrogens is 608 g/mol. The largest absolute Gasteiger partial charge is 0.494 e. The van der Waals surface area contributed by atoms with Gasteiger partial charge in [0.05, 0.1) is 49.0 Å². The standard InChI is InChI=1S/C34H41F2N7O4/c1-5-34(44)40-27-15-28(31(45-4)16-30(27)41-9-6-26(7-10-41)42-18-21(2)47-22(3)19-42)39-32-17-33(38-20-37-32)43-29(8-11-46-43)23-12-24(35)14-25(36)13-23/h5,12-17,20-22,26,29H,1,6-11,18-19H2,2-4H3,(H,40,44)(H,37,38,39)/t21-,22+,29?. The van der Waals surface area contributed by atoms with Gasteiger partial charge in [0.1, 0.15) is 29.5 Å². The third-order valence-electron chi connectivity index (χ3n) is 8.85. The second-order valence-corrected chi connectivity index (χ2v) is 12.2. The lowest BCUT2D eigenvalue weighted by atomic mass is 10.00. The van der Waals surface area contributed by atoms with Crippen LogP contribution in [0.3, 0.4) is 0 Å². The number of aromatic nitrogens is 2. The van der Waals surface area contributed by atoms with Crippen molar-refractivity contribution in [2.45, 2.75) is 57.4 Å². The van der Waals surface area contributed by atoms with Gasteiger partial charge < -0.3 is 25.0 Å². The molecule has 3 atom stereocenters. The van der Waals surface area contributed by atoms with E-state index in [2.05, 4.69) is 50.8 Å². The van der Waals surface area contributed by atoms with Crippen LogP contribution in [0.1, 0.15) is 44.7 Å². The number of halogens is 2. The Morgan fingerprint density at radius 2 is 1.72 bits per heavy atom. The highest BCUT2D eigenvalue weighted by atomic mass is 19.1. The number of nitrogens with zero attached hydrogens (tertiary/aromatic N) is 5. The second kappa shape index (κ2) is 14.2. The van der Waals surface area contributed by atoms with E-state index in [9.17, 15) is 13.6 Å².